The molecule has 2 aliphatic heterocycles. The number of anilines is 1. The monoisotopic (exact) mass is 429 g/mol. The molecule has 3 aromatic carbocycles. The normalized spacial score (nSPS) is 19.1. The molecule has 5 rings (SSSR count). The molecule has 0 fully saturated rings. The first-order chi connectivity index (χ1) is 15.5. The lowest BCUT2D eigenvalue weighted by Crippen LogP contribution is -2.41. The number of amides is 1. The number of carbonyl (C=O) groups is 2. The van der Waals surface area contributed by atoms with Crippen molar-refractivity contribution in [3.63, 3.8) is 0 Å². The van der Waals surface area contributed by atoms with Crippen molar-refractivity contribution in [3.8, 4) is 11.5 Å². The molecule has 0 saturated heterocycles. The third kappa shape index (κ3) is 3.33. The molecule has 1 amide bonds. The molecule has 1 N–H and O–H groups in total. The highest BCUT2D eigenvalue weighted by Gasteiger charge is 2.50. The molecule has 6 nitrogen and oxygen atoms in total. The summed E-state index contributed by atoms with van der Waals surface area (Å²) in [5.41, 5.74) is 1.55. The molecule has 0 saturated carbocycles. The lowest BCUT2D eigenvalue weighted by molar-refractivity contribution is -0.136. The third-order valence-electron chi connectivity index (χ3n) is 6.11. The Kier molecular flexibility index (Phi) is 4.94. The van der Waals surface area contributed by atoms with Crippen LogP contribution in [-0.2, 0) is 16.9 Å². The van der Waals surface area contributed by atoms with Crippen molar-refractivity contribution >= 4 is 17.4 Å². The van der Waals surface area contributed by atoms with Crippen molar-refractivity contribution in [2.24, 2.45) is 0 Å². The van der Waals surface area contributed by atoms with Gasteiger partial charge in [-0.3, -0.25) is 9.59 Å². The number of hydrogen-bond acceptors (Lipinski definition) is 5. The van der Waals surface area contributed by atoms with Crippen LogP contribution in [0.4, 0.5) is 5.69 Å². The molecule has 0 aliphatic carbocycles. The zero-order valence-electron chi connectivity index (χ0n) is 17.7. The molecule has 162 valence electrons. The number of ketones is 1. The summed E-state index contributed by atoms with van der Waals surface area (Å²) in [5, 5.41) is 11.5. The number of ether oxygens (including phenoxy) is 2. The first-order valence-electron chi connectivity index (χ1n) is 10.6. The van der Waals surface area contributed by atoms with E-state index in [1.54, 1.807) is 41.3 Å². The Morgan fingerprint density at radius 1 is 1.00 bits per heavy atom. The number of rotatable bonds is 5. The fraction of sp³-hybridized carbons (Fsp3) is 0.231. The zero-order valence-corrected chi connectivity index (χ0v) is 17.7. The Morgan fingerprint density at radius 2 is 1.72 bits per heavy atom. The zero-order chi connectivity index (χ0) is 22.3. The fourth-order valence-corrected chi connectivity index (χ4v) is 4.34. The summed E-state index contributed by atoms with van der Waals surface area (Å²) in [6, 6.07) is 19.8. The van der Waals surface area contributed by atoms with Crippen LogP contribution in [0.15, 0.2) is 66.7 Å². The maximum absolute atomic E-state index is 13.5. The molecule has 2 aliphatic rings. The van der Waals surface area contributed by atoms with Crippen molar-refractivity contribution in [1.29, 1.82) is 0 Å². The van der Waals surface area contributed by atoms with Gasteiger partial charge in [0, 0.05) is 11.1 Å². The van der Waals surface area contributed by atoms with E-state index in [0.29, 0.717) is 48.1 Å². The van der Waals surface area contributed by atoms with E-state index in [1.807, 2.05) is 37.3 Å². The number of fused-ring (bicyclic) bond motifs is 2. The van der Waals surface area contributed by atoms with Gasteiger partial charge in [0.2, 0.25) is 0 Å². The second-order valence-corrected chi connectivity index (χ2v) is 8.15. The van der Waals surface area contributed by atoms with Gasteiger partial charge >= 0.3 is 0 Å². The summed E-state index contributed by atoms with van der Waals surface area (Å²) in [4.78, 5) is 28.2. The molecule has 0 aromatic heterocycles. The summed E-state index contributed by atoms with van der Waals surface area (Å²) in [6.07, 6.45) is -0.354. The average Bonchev–Trinajstić information content (AvgIpc) is 3.02. The van der Waals surface area contributed by atoms with E-state index in [0.717, 1.165) is 11.1 Å². The van der Waals surface area contributed by atoms with Gasteiger partial charge in [-0.15, -0.1) is 0 Å². The van der Waals surface area contributed by atoms with Crippen LogP contribution >= 0.6 is 0 Å². The highest BCUT2D eigenvalue weighted by atomic mass is 16.6. The summed E-state index contributed by atoms with van der Waals surface area (Å²) < 4.78 is 11.1. The van der Waals surface area contributed by atoms with E-state index in [2.05, 4.69) is 0 Å². The third-order valence-corrected chi connectivity index (χ3v) is 6.11. The minimum absolute atomic E-state index is 0.322. The second-order valence-electron chi connectivity index (χ2n) is 8.15. The molecule has 0 bridgehead atoms. The molecule has 3 aromatic rings. The molecule has 6 heteroatoms. The maximum atomic E-state index is 13.5. The lowest BCUT2D eigenvalue weighted by Gasteiger charge is -2.24. The van der Waals surface area contributed by atoms with Gasteiger partial charge in [-0.05, 0) is 42.3 Å². The highest BCUT2D eigenvalue weighted by molar-refractivity contribution is 6.10. The van der Waals surface area contributed by atoms with Crippen molar-refractivity contribution in [2.45, 2.75) is 25.5 Å². The Bertz CT molecular complexity index is 1220. The molecule has 0 spiro atoms. The minimum Gasteiger partial charge on any atom is -0.486 e. The number of para-hydroxylation sites is 1. The van der Waals surface area contributed by atoms with E-state index in [9.17, 15) is 14.7 Å². The number of nitrogens with zero attached hydrogens (tertiary/aromatic N) is 1. The van der Waals surface area contributed by atoms with Crippen LogP contribution in [0.25, 0.3) is 0 Å². The Labute approximate surface area is 186 Å². The Hall–Kier alpha value is -3.64. The standard InChI is InChI=1S/C26H23NO5/c1-17-6-2-3-7-19(17)16-27-21-9-5-4-8-20(21)26(30,25(27)29)15-22(28)18-10-11-23-24(14-18)32-13-12-31-23/h2-11,14,30H,12-13,15-16H2,1H3. The largest absolute Gasteiger partial charge is 0.486 e. The number of carbonyl (C=O) groups excluding carboxylic acids is 2. The molecule has 1 unspecified atom stereocenters. The van der Waals surface area contributed by atoms with Crippen LogP contribution < -0.4 is 14.4 Å². The second kappa shape index (κ2) is 7.80. The quantitative estimate of drug-likeness (QED) is 0.625. The number of hydrogen-bond donors (Lipinski definition) is 1. The van der Waals surface area contributed by atoms with E-state index in [-0.39, 0.29) is 12.2 Å². The predicted molar refractivity (Wildman–Crippen MR) is 119 cm³/mol. The van der Waals surface area contributed by atoms with Crippen LogP contribution in [0, 0.1) is 6.92 Å². The van der Waals surface area contributed by atoms with Crippen molar-refractivity contribution < 1.29 is 24.2 Å². The van der Waals surface area contributed by atoms with Crippen LogP contribution in [0.3, 0.4) is 0 Å². The minimum atomic E-state index is -1.93. The maximum Gasteiger partial charge on any atom is 0.264 e. The summed E-state index contributed by atoms with van der Waals surface area (Å²) >= 11 is 0. The predicted octanol–water partition coefficient (Wildman–Crippen LogP) is 3.77. The van der Waals surface area contributed by atoms with Crippen molar-refractivity contribution in [1.82, 2.24) is 0 Å². The molecule has 1 atom stereocenters. The van der Waals surface area contributed by atoms with Crippen molar-refractivity contribution in [3.05, 3.63) is 89.0 Å². The molecule has 2 heterocycles. The molecular formula is C26H23NO5. The van der Waals surface area contributed by atoms with Gasteiger partial charge in [0.05, 0.1) is 18.7 Å². The molecule has 0 radical (unpaired) electrons. The molecular weight excluding hydrogens is 406 g/mol. The van der Waals surface area contributed by atoms with Gasteiger partial charge in [0.25, 0.3) is 5.91 Å². The molecule has 32 heavy (non-hydrogen) atoms. The van der Waals surface area contributed by atoms with E-state index >= 15 is 0 Å². The lowest BCUT2D eigenvalue weighted by atomic mass is 9.88. The van der Waals surface area contributed by atoms with Crippen molar-refractivity contribution in [2.75, 3.05) is 18.1 Å². The van der Waals surface area contributed by atoms with Crippen LogP contribution in [0.2, 0.25) is 0 Å². The average molecular weight is 429 g/mol. The number of benzene rings is 3. The summed E-state index contributed by atoms with van der Waals surface area (Å²) in [6.45, 7) is 3.18. The fourth-order valence-electron chi connectivity index (χ4n) is 4.34. The number of aryl methyl sites for hydroxylation is 1. The van der Waals surface area contributed by atoms with E-state index < -0.39 is 11.5 Å². The smallest absolute Gasteiger partial charge is 0.264 e. The highest BCUT2D eigenvalue weighted by Crippen LogP contribution is 2.44. The van der Waals surface area contributed by atoms with Crippen LogP contribution in [-0.4, -0.2) is 30.0 Å². The van der Waals surface area contributed by atoms with Crippen LogP contribution in [0.5, 0.6) is 11.5 Å². The van der Waals surface area contributed by atoms with E-state index in [1.165, 1.54) is 0 Å². The van der Waals surface area contributed by atoms with E-state index in [4.69, 9.17) is 9.47 Å². The summed E-state index contributed by atoms with van der Waals surface area (Å²) in [7, 11) is 0. The topological polar surface area (TPSA) is 76.1 Å². The van der Waals surface area contributed by atoms with Gasteiger partial charge in [-0.2, -0.15) is 0 Å². The first kappa shape index (κ1) is 20.3. The van der Waals surface area contributed by atoms with Gasteiger partial charge in [0.15, 0.2) is 22.9 Å². The van der Waals surface area contributed by atoms with Gasteiger partial charge in [-0.1, -0.05) is 42.5 Å². The van der Waals surface area contributed by atoms with Gasteiger partial charge < -0.3 is 19.5 Å². The SMILES string of the molecule is Cc1ccccc1CN1C(=O)C(O)(CC(=O)c2ccc3c(c2)OCCO3)c2ccccc21. The Balaban J connectivity index is 1.46. The number of aliphatic hydroxyl groups is 1. The van der Waals surface area contributed by atoms with Crippen LogP contribution in [0.1, 0.15) is 33.5 Å². The van der Waals surface area contributed by atoms with Gasteiger partial charge in [0.1, 0.15) is 13.2 Å². The van der Waals surface area contributed by atoms with Gasteiger partial charge in [-0.25, -0.2) is 0 Å². The first-order valence-corrected chi connectivity index (χ1v) is 10.6. The Morgan fingerprint density at radius 3 is 2.53 bits per heavy atom. The summed E-state index contributed by atoms with van der Waals surface area (Å²) in [5.74, 6) is 0.241. The number of Topliss-reactive ketones (excluding diaryl/α,β-unsaturated/α-hetero) is 1.